The number of hydrogen-bond acceptors (Lipinski definition) is 6. The molecule has 3 aromatic rings. The molecule has 0 radical (unpaired) electrons. The molecule has 1 aromatic heterocycles. The highest BCUT2D eigenvalue weighted by Crippen LogP contribution is 2.31. The molecular weight excluding hydrogens is 418 g/mol. The van der Waals surface area contributed by atoms with E-state index in [0.717, 1.165) is 24.0 Å². The van der Waals surface area contributed by atoms with Crippen LogP contribution >= 0.6 is 0 Å². The Morgan fingerprint density at radius 1 is 1.18 bits per heavy atom. The summed E-state index contributed by atoms with van der Waals surface area (Å²) in [5.41, 5.74) is 2.45. The van der Waals surface area contributed by atoms with E-state index in [4.69, 9.17) is 10.1 Å². The zero-order chi connectivity index (χ0) is 23.4. The maximum absolute atomic E-state index is 12.7. The molecule has 1 aliphatic heterocycles. The van der Waals surface area contributed by atoms with Gasteiger partial charge >= 0.3 is 0 Å². The molecule has 0 spiro atoms. The number of ether oxygens (including phenoxy) is 1. The van der Waals surface area contributed by atoms with E-state index < -0.39 is 0 Å². The Bertz CT molecular complexity index is 1270. The van der Waals surface area contributed by atoms with Crippen LogP contribution in [0.4, 0.5) is 11.4 Å². The average Bonchev–Trinajstić information content (AvgIpc) is 3.17. The summed E-state index contributed by atoms with van der Waals surface area (Å²) in [5, 5.41) is 15.2. The van der Waals surface area contributed by atoms with Crippen molar-refractivity contribution in [3.8, 4) is 11.4 Å². The highest BCUT2D eigenvalue weighted by molar-refractivity contribution is 5.97. The number of anilines is 2. The van der Waals surface area contributed by atoms with E-state index in [1.807, 2.05) is 49.4 Å². The lowest BCUT2D eigenvalue weighted by Gasteiger charge is -2.19. The Labute approximate surface area is 191 Å². The van der Waals surface area contributed by atoms with Crippen molar-refractivity contribution in [3.05, 3.63) is 82.8 Å². The molecule has 0 aliphatic carbocycles. The van der Waals surface area contributed by atoms with Crippen molar-refractivity contribution >= 4 is 29.2 Å². The zero-order valence-electron chi connectivity index (χ0n) is 18.5. The van der Waals surface area contributed by atoms with E-state index in [1.165, 1.54) is 12.1 Å². The second-order valence-corrected chi connectivity index (χ2v) is 7.75. The third-order valence-electron chi connectivity index (χ3n) is 5.56. The Kier molecular flexibility index (Phi) is 6.35. The number of amides is 1. The zero-order valence-corrected chi connectivity index (χ0v) is 18.5. The fourth-order valence-corrected chi connectivity index (χ4v) is 3.77. The average molecular weight is 444 g/mol. The monoisotopic (exact) mass is 443 g/mol. The summed E-state index contributed by atoms with van der Waals surface area (Å²) < 4.78 is 7.15. The first-order valence-electron chi connectivity index (χ1n) is 10.6. The molecule has 1 fully saturated rings. The number of para-hydroxylation sites is 1. The van der Waals surface area contributed by atoms with E-state index in [1.54, 1.807) is 29.0 Å². The van der Waals surface area contributed by atoms with E-state index in [9.17, 15) is 9.59 Å². The largest absolute Gasteiger partial charge is 0.494 e. The number of aromatic nitrogens is 2. The van der Waals surface area contributed by atoms with E-state index in [2.05, 4.69) is 10.4 Å². The summed E-state index contributed by atoms with van der Waals surface area (Å²) in [4.78, 5) is 26.8. The first kappa shape index (κ1) is 22.0. The van der Waals surface area contributed by atoms with Crippen LogP contribution in [0.5, 0.6) is 5.75 Å². The summed E-state index contributed by atoms with van der Waals surface area (Å²) >= 11 is 0. The lowest BCUT2D eigenvalue weighted by molar-refractivity contribution is -0.119. The van der Waals surface area contributed by atoms with Gasteiger partial charge in [-0.15, -0.1) is 0 Å². The standard InChI is InChI=1S/C25H25N5O3/c1-17-11-14-29(25(17)32)19-8-9-21(23(16-19)33-2)30-15-12-22(31)24(28-30)20(10-13-26)27-18-6-4-3-5-7-18/h3-10,12-13,15-17,26-27H,11,14H2,1-2H3/b20-10-,26-13?. The van der Waals surface area contributed by atoms with Gasteiger partial charge in [0, 0.05) is 48.4 Å². The number of carbonyl (C=O) groups is 1. The van der Waals surface area contributed by atoms with Crippen LogP contribution in [0.2, 0.25) is 0 Å². The number of nitrogens with zero attached hydrogens (tertiary/aromatic N) is 3. The predicted molar refractivity (Wildman–Crippen MR) is 129 cm³/mol. The van der Waals surface area contributed by atoms with Gasteiger partial charge < -0.3 is 20.4 Å². The lowest BCUT2D eigenvalue weighted by atomic mass is 10.1. The van der Waals surface area contributed by atoms with Gasteiger partial charge in [-0.05, 0) is 36.8 Å². The van der Waals surface area contributed by atoms with Crippen LogP contribution in [-0.4, -0.2) is 35.6 Å². The quantitative estimate of drug-likeness (QED) is 0.542. The topological polar surface area (TPSA) is 100 Å². The molecule has 0 bridgehead atoms. The van der Waals surface area contributed by atoms with Crippen molar-refractivity contribution < 1.29 is 9.53 Å². The first-order chi connectivity index (χ1) is 16.0. The summed E-state index contributed by atoms with van der Waals surface area (Å²) in [6, 6.07) is 16.3. The summed E-state index contributed by atoms with van der Waals surface area (Å²) in [7, 11) is 1.55. The summed E-state index contributed by atoms with van der Waals surface area (Å²) in [6.45, 7) is 2.61. The second kappa shape index (κ2) is 9.52. The van der Waals surface area contributed by atoms with Crippen molar-refractivity contribution in [3.63, 3.8) is 0 Å². The Morgan fingerprint density at radius 3 is 2.64 bits per heavy atom. The molecule has 1 unspecified atom stereocenters. The number of rotatable bonds is 7. The van der Waals surface area contributed by atoms with Crippen LogP contribution in [0.3, 0.4) is 0 Å². The number of nitrogens with one attached hydrogen (secondary N) is 2. The summed E-state index contributed by atoms with van der Waals surface area (Å²) in [6.07, 6.45) is 4.98. The molecule has 168 valence electrons. The number of benzene rings is 2. The minimum Gasteiger partial charge on any atom is -0.494 e. The van der Waals surface area contributed by atoms with Gasteiger partial charge in [0.25, 0.3) is 0 Å². The van der Waals surface area contributed by atoms with Crippen LogP contribution < -0.4 is 20.4 Å². The van der Waals surface area contributed by atoms with E-state index >= 15 is 0 Å². The van der Waals surface area contributed by atoms with Crippen LogP contribution in [0, 0.1) is 11.3 Å². The number of allylic oxidation sites excluding steroid dienone is 1. The molecule has 8 heteroatoms. The third kappa shape index (κ3) is 4.55. The SMILES string of the molecule is COc1cc(N2CCC(C)C2=O)ccc1-n1ccc(=O)c(/C(=C/C=N)Nc2ccccc2)n1. The Hall–Kier alpha value is -4.20. The minimum absolute atomic E-state index is 0.00929. The Balaban J connectivity index is 1.72. The van der Waals surface area contributed by atoms with E-state index in [-0.39, 0.29) is 22.9 Å². The van der Waals surface area contributed by atoms with Crippen LogP contribution in [-0.2, 0) is 4.79 Å². The van der Waals surface area contributed by atoms with Crippen LogP contribution in [0.1, 0.15) is 19.0 Å². The van der Waals surface area contributed by atoms with Crippen molar-refractivity contribution in [2.24, 2.45) is 5.92 Å². The van der Waals surface area contributed by atoms with Crippen LogP contribution in [0.25, 0.3) is 11.4 Å². The molecular formula is C25H25N5O3. The number of carbonyl (C=O) groups excluding carboxylic acids is 1. The van der Waals surface area contributed by atoms with Crippen LogP contribution in [0.15, 0.2) is 71.7 Å². The molecule has 8 nitrogen and oxygen atoms in total. The van der Waals surface area contributed by atoms with Crippen molar-refractivity contribution in [2.75, 3.05) is 23.9 Å². The van der Waals surface area contributed by atoms with E-state index in [0.29, 0.717) is 23.7 Å². The molecule has 0 saturated carbocycles. The van der Waals surface area contributed by atoms with Gasteiger partial charge in [0.1, 0.15) is 11.4 Å². The van der Waals surface area contributed by atoms with Gasteiger partial charge in [-0.2, -0.15) is 5.10 Å². The molecule has 1 saturated heterocycles. The maximum atomic E-state index is 12.7. The lowest BCUT2D eigenvalue weighted by Crippen LogP contribution is -2.26. The third-order valence-corrected chi connectivity index (χ3v) is 5.56. The van der Waals surface area contributed by atoms with Gasteiger partial charge in [-0.1, -0.05) is 25.1 Å². The fourth-order valence-electron chi connectivity index (χ4n) is 3.77. The molecule has 1 aliphatic rings. The highest BCUT2D eigenvalue weighted by atomic mass is 16.5. The minimum atomic E-state index is -0.282. The maximum Gasteiger partial charge on any atom is 0.229 e. The molecule has 1 amide bonds. The second-order valence-electron chi connectivity index (χ2n) is 7.75. The molecule has 1 atom stereocenters. The number of methoxy groups -OCH3 is 1. The smallest absolute Gasteiger partial charge is 0.229 e. The van der Waals surface area contributed by atoms with Gasteiger partial charge in [0.05, 0.1) is 12.8 Å². The molecule has 33 heavy (non-hydrogen) atoms. The van der Waals surface area contributed by atoms with Gasteiger partial charge in [0.2, 0.25) is 11.3 Å². The van der Waals surface area contributed by atoms with Gasteiger partial charge in [-0.3, -0.25) is 9.59 Å². The number of hydrogen-bond donors (Lipinski definition) is 2. The normalized spacial score (nSPS) is 16.1. The van der Waals surface area contributed by atoms with Gasteiger partial charge in [-0.25, -0.2) is 4.68 Å². The summed E-state index contributed by atoms with van der Waals surface area (Å²) in [5.74, 6) is 0.632. The fraction of sp³-hybridized carbons (Fsp3) is 0.200. The molecule has 2 N–H and O–H groups in total. The molecule has 2 aromatic carbocycles. The molecule has 4 rings (SSSR count). The predicted octanol–water partition coefficient (Wildman–Crippen LogP) is 3.72. The highest BCUT2D eigenvalue weighted by Gasteiger charge is 2.29. The van der Waals surface area contributed by atoms with Crippen molar-refractivity contribution in [1.29, 1.82) is 5.41 Å². The Morgan fingerprint density at radius 2 is 1.97 bits per heavy atom. The first-order valence-corrected chi connectivity index (χ1v) is 10.6. The van der Waals surface area contributed by atoms with Crippen molar-refractivity contribution in [1.82, 2.24) is 9.78 Å². The van der Waals surface area contributed by atoms with Gasteiger partial charge in [0.15, 0.2) is 5.69 Å². The van der Waals surface area contributed by atoms with Crippen molar-refractivity contribution in [2.45, 2.75) is 13.3 Å². The molecule has 2 heterocycles.